The Bertz CT molecular complexity index is 1030. The Morgan fingerprint density at radius 1 is 0.897 bits per heavy atom. The van der Waals surface area contributed by atoms with Crippen LogP contribution in [0.15, 0.2) is 85.3 Å². The molecule has 4 aromatic rings. The number of hydrogen-bond acceptors (Lipinski definition) is 4. The zero-order valence-electron chi connectivity index (χ0n) is 16.5. The first-order valence-electron chi connectivity index (χ1n) is 9.66. The molecule has 0 aliphatic heterocycles. The van der Waals surface area contributed by atoms with Crippen molar-refractivity contribution in [3.63, 3.8) is 0 Å². The Labute approximate surface area is 171 Å². The highest BCUT2D eigenvalue weighted by atomic mass is 16.5. The van der Waals surface area contributed by atoms with Crippen LogP contribution in [0.2, 0.25) is 0 Å². The number of benzene rings is 2. The van der Waals surface area contributed by atoms with Gasteiger partial charge in [0.05, 0.1) is 19.3 Å². The fourth-order valence-corrected chi connectivity index (χ4v) is 3.27. The van der Waals surface area contributed by atoms with Gasteiger partial charge in [0.25, 0.3) is 0 Å². The second kappa shape index (κ2) is 9.17. The van der Waals surface area contributed by atoms with Crippen LogP contribution in [0.5, 0.6) is 5.75 Å². The number of methoxy groups -OCH3 is 1. The molecular formula is C24H24N4O. The lowest BCUT2D eigenvalue weighted by atomic mass is 10.1. The molecule has 4 rings (SSSR count). The van der Waals surface area contributed by atoms with E-state index in [4.69, 9.17) is 9.84 Å². The van der Waals surface area contributed by atoms with Crippen LogP contribution < -0.4 is 10.1 Å². The maximum absolute atomic E-state index is 5.22. The Kier molecular flexibility index (Phi) is 5.98. The number of pyridine rings is 1. The first-order valence-corrected chi connectivity index (χ1v) is 9.66. The van der Waals surface area contributed by atoms with Gasteiger partial charge in [-0.05, 0) is 35.4 Å². The Morgan fingerprint density at radius 2 is 1.72 bits per heavy atom. The minimum atomic E-state index is 0.727. The van der Waals surface area contributed by atoms with E-state index in [1.807, 2.05) is 35.1 Å². The monoisotopic (exact) mass is 384 g/mol. The summed E-state index contributed by atoms with van der Waals surface area (Å²) in [5.41, 5.74) is 5.59. The van der Waals surface area contributed by atoms with Crippen molar-refractivity contribution in [2.75, 3.05) is 7.11 Å². The fourth-order valence-electron chi connectivity index (χ4n) is 3.27. The fraction of sp³-hybridized carbons (Fsp3) is 0.167. The van der Waals surface area contributed by atoms with Gasteiger partial charge in [0.15, 0.2) is 0 Å². The van der Waals surface area contributed by atoms with Crippen LogP contribution in [0, 0.1) is 0 Å². The highest BCUT2D eigenvalue weighted by Gasteiger charge is 2.12. The lowest BCUT2D eigenvalue weighted by molar-refractivity contribution is 0.414. The predicted octanol–water partition coefficient (Wildman–Crippen LogP) is 4.29. The molecule has 0 fully saturated rings. The molecule has 0 radical (unpaired) electrons. The third-order valence-electron chi connectivity index (χ3n) is 4.76. The summed E-state index contributed by atoms with van der Waals surface area (Å²) in [5, 5.41) is 8.37. The average molecular weight is 384 g/mol. The second-order valence-corrected chi connectivity index (χ2v) is 6.88. The molecular weight excluding hydrogens is 360 g/mol. The van der Waals surface area contributed by atoms with Gasteiger partial charge in [-0.15, -0.1) is 0 Å². The van der Waals surface area contributed by atoms with Gasteiger partial charge < -0.3 is 10.1 Å². The van der Waals surface area contributed by atoms with Gasteiger partial charge in [-0.25, -0.2) is 0 Å². The zero-order chi connectivity index (χ0) is 19.9. The molecule has 5 nitrogen and oxygen atoms in total. The van der Waals surface area contributed by atoms with Crippen molar-refractivity contribution in [1.29, 1.82) is 0 Å². The normalized spacial score (nSPS) is 10.8. The van der Waals surface area contributed by atoms with Crippen molar-refractivity contribution in [2.45, 2.75) is 19.6 Å². The van der Waals surface area contributed by atoms with Crippen LogP contribution >= 0.6 is 0 Å². The van der Waals surface area contributed by atoms with Crippen LogP contribution in [0.4, 0.5) is 0 Å². The summed E-state index contributed by atoms with van der Waals surface area (Å²) in [5.74, 6) is 0.870. The van der Waals surface area contributed by atoms with E-state index in [0.717, 1.165) is 42.2 Å². The molecule has 1 N–H and O–H groups in total. The minimum Gasteiger partial charge on any atom is -0.497 e. The van der Waals surface area contributed by atoms with Crippen LogP contribution in [-0.2, 0) is 19.6 Å². The summed E-state index contributed by atoms with van der Waals surface area (Å²) in [6.45, 7) is 2.25. The SMILES string of the molecule is COc1ccc(CNCc2cn(Cc3ccccc3)nc2-c2cccnc2)cc1. The molecule has 146 valence electrons. The van der Waals surface area contributed by atoms with Gasteiger partial charge in [0.1, 0.15) is 5.75 Å². The van der Waals surface area contributed by atoms with E-state index in [2.05, 4.69) is 59.0 Å². The molecule has 2 heterocycles. The molecule has 0 saturated carbocycles. The molecule has 2 aromatic carbocycles. The number of rotatable bonds is 8. The quantitative estimate of drug-likeness (QED) is 0.492. The third-order valence-corrected chi connectivity index (χ3v) is 4.76. The molecule has 0 bridgehead atoms. The van der Waals surface area contributed by atoms with Crippen molar-refractivity contribution < 1.29 is 4.74 Å². The zero-order valence-corrected chi connectivity index (χ0v) is 16.5. The number of nitrogens with zero attached hydrogens (tertiary/aromatic N) is 3. The van der Waals surface area contributed by atoms with Gasteiger partial charge in [-0.3, -0.25) is 9.67 Å². The molecule has 0 saturated heterocycles. The van der Waals surface area contributed by atoms with Gasteiger partial charge in [0, 0.05) is 42.8 Å². The standard InChI is InChI=1S/C24H24N4O/c1-29-23-11-9-19(10-12-23)14-26-16-22-18-28(17-20-6-3-2-4-7-20)27-24(22)21-8-5-13-25-15-21/h2-13,15,18,26H,14,16-17H2,1H3. The molecule has 0 atom stereocenters. The Hall–Kier alpha value is -3.44. The maximum atomic E-state index is 5.22. The first kappa shape index (κ1) is 18.9. The van der Waals surface area contributed by atoms with Crippen molar-refractivity contribution in [2.24, 2.45) is 0 Å². The van der Waals surface area contributed by atoms with Crippen LogP contribution in [0.1, 0.15) is 16.7 Å². The summed E-state index contributed by atoms with van der Waals surface area (Å²) >= 11 is 0. The lowest BCUT2D eigenvalue weighted by Crippen LogP contribution is -2.12. The van der Waals surface area contributed by atoms with Crippen molar-refractivity contribution in [3.8, 4) is 17.0 Å². The first-order chi connectivity index (χ1) is 14.3. The maximum Gasteiger partial charge on any atom is 0.118 e. The van der Waals surface area contributed by atoms with E-state index in [0.29, 0.717) is 0 Å². The molecule has 0 aliphatic rings. The smallest absolute Gasteiger partial charge is 0.118 e. The molecule has 29 heavy (non-hydrogen) atoms. The minimum absolute atomic E-state index is 0.727. The number of nitrogens with one attached hydrogen (secondary N) is 1. The van der Waals surface area contributed by atoms with E-state index in [1.165, 1.54) is 11.1 Å². The highest BCUT2D eigenvalue weighted by Crippen LogP contribution is 2.22. The van der Waals surface area contributed by atoms with E-state index < -0.39 is 0 Å². The second-order valence-electron chi connectivity index (χ2n) is 6.88. The predicted molar refractivity (Wildman–Crippen MR) is 115 cm³/mol. The number of ether oxygens (including phenoxy) is 1. The lowest BCUT2D eigenvalue weighted by Gasteiger charge is -2.06. The van der Waals surface area contributed by atoms with Crippen molar-refractivity contribution in [1.82, 2.24) is 20.1 Å². The Morgan fingerprint density at radius 3 is 2.45 bits per heavy atom. The average Bonchev–Trinajstić information content (AvgIpc) is 3.18. The molecule has 5 heteroatoms. The largest absolute Gasteiger partial charge is 0.497 e. The van der Waals surface area contributed by atoms with Crippen molar-refractivity contribution in [3.05, 3.63) is 102 Å². The Balaban J connectivity index is 1.50. The molecule has 0 spiro atoms. The summed E-state index contributed by atoms with van der Waals surface area (Å²) in [6, 6.07) is 22.5. The summed E-state index contributed by atoms with van der Waals surface area (Å²) in [7, 11) is 1.68. The molecule has 0 amide bonds. The van der Waals surface area contributed by atoms with Gasteiger partial charge in [0.2, 0.25) is 0 Å². The summed E-state index contributed by atoms with van der Waals surface area (Å²) in [6.07, 6.45) is 5.77. The van der Waals surface area contributed by atoms with Crippen LogP contribution in [0.25, 0.3) is 11.3 Å². The summed E-state index contributed by atoms with van der Waals surface area (Å²) in [4.78, 5) is 4.26. The van der Waals surface area contributed by atoms with E-state index in [1.54, 1.807) is 13.3 Å². The highest BCUT2D eigenvalue weighted by molar-refractivity contribution is 5.61. The topological polar surface area (TPSA) is 52.0 Å². The molecule has 2 aromatic heterocycles. The summed E-state index contributed by atoms with van der Waals surface area (Å²) < 4.78 is 7.22. The third kappa shape index (κ3) is 4.89. The van der Waals surface area contributed by atoms with E-state index in [-0.39, 0.29) is 0 Å². The van der Waals surface area contributed by atoms with Crippen LogP contribution in [0.3, 0.4) is 0 Å². The molecule has 0 aliphatic carbocycles. The number of hydrogen-bond donors (Lipinski definition) is 1. The van der Waals surface area contributed by atoms with Gasteiger partial charge in [-0.2, -0.15) is 5.10 Å². The van der Waals surface area contributed by atoms with Gasteiger partial charge >= 0.3 is 0 Å². The van der Waals surface area contributed by atoms with E-state index in [9.17, 15) is 0 Å². The van der Waals surface area contributed by atoms with Crippen LogP contribution in [-0.4, -0.2) is 21.9 Å². The van der Waals surface area contributed by atoms with Crippen molar-refractivity contribution >= 4 is 0 Å². The number of aromatic nitrogens is 3. The van der Waals surface area contributed by atoms with Gasteiger partial charge in [-0.1, -0.05) is 42.5 Å². The molecule has 0 unspecified atom stereocenters. The van der Waals surface area contributed by atoms with E-state index >= 15 is 0 Å².